The Morgan fingerprint density at radius 2 is 2.38 bits per heavy atom. The number of carbonyl (C=O) groups is 1. The van der Waals surface area contributed by atoms with Crippen molar-refractivity contribution in [1.82, 2.24) is 9.80 Å². The van der Waals surface area contributed by atoms with Gasteiger partial charge in [-0.05, 0) is 50.1 Å². The molecule has 1 amide bonds. The third-order valence-corrected chi connectivity index (χ3v) is 5.88. The van der Waals surface area contributed by atoms with Crippen LogP contribution < -0.4 is 5.73 Å². The summed E-state index contributed by atoms with van der Waals surface area (Å²) in [7, 11) is 0. The van der Waals surface area contributed by atoms with Crippen LogP contribution in [0.2, 0.25) is 0 Å². The first-order valence-electron chi connectivity index (χ1n) is 7.96. The maximum atomic E-state index is 12.7. The highest BCUT2D eigenvalue weighted by molar-refractivity contribution is 7.10. The second-order valence-corrected chi connectivity index (χ2v) is 7.36. The molecule has 116 valence electrons. The van der Waals surface area contributed by atoms with Crippen molar-refractivity contribution in [3.63, 3.8) is 0 Å². The van der Waals surface area contributed by atoms with Crippen molar-refractivity contribution >= 4 is 17.2 Å². The molecule has 0 bridgehead atoms. The first-order chi connectivity index (χ1) is 10.2. The number of carbonyl (C=O) groups excluding carboxylic acids is 1. The van der Waals surface area contributed by atoms with E-state index in [4.69, 9.17) is 5.73 Å². The normalized spacial score (nSPS) is 30.2. The van der Waals surface area contributed by atoms with E-state index in [-0.39, 0.29) is 5.91 Å². The average molecular weight is 307 g/mol. The lowest BCUT2D eigenvalue weighted by Crippen LogP contribution is -2.41. The topological polar surface area (TPSA) is 49.6 Å². The van der Waals surface area contributed by atoms with E-state index in [1.54, 1.807) is 11.3 Å². The summed E-state index contributed by atoms with van der Waals surface area (Å²) in [5.41, 5.74) is 5.78. The van der Waals surface area contributed by atoms with Crippen LogP contribution in [0, 0.1) is 5.92 Å². The summed E-state index contributed by atoms with van der Waals surface area (Å²) in [4.78, 5) is 18.4. The third-order valence-electron chi connectivity index (χ3n) is 4.91. The van der Waals surface area contributed by atoms with Crippen LogP contribution in [0.5, 0.6) is 0 Å². The maximum absolute atomic E-state index is 12.7. The molecule has 2 saturated heterocycles. The fourth-order valence-electron chi connectivity index (χ4n) is 3.72. The Morgan fingerprint density at radius 3 is 3.05 bits per heavy atom. The van der Waals surface area contributed by atoms with E-state index < -0.39 is 0 Å². The van der Waals surface area contributed by atoms with Crippen LogP contribution in [-0.2, 0) is 4.79 Å². The van der Waals surface area contributed by atoms with E-state index in [0.717, 1.165) is 38.9 Å². The van der Waals surface area contributed by atoms with Gasteiger partial charge in [-0.25, -0.2) is 0 Å². The summed E-state index contributed by atoms with van der Waals surface area (Å²) in [6.45, 7) is 5.38. The van der Waals surface area contributed by atoms with E-state index >= 15 is 0 Å². The van der Waals surface area contributed by atoms with Crippen molar-refractivity contribution in [2.45, 2.75) is 38.3 Å². The van der Waals surface area contributed by atoms with Gasteiger partial charge in [0.2, 0.25) is 5.91 Å². The maximum Gasteiger partial charge on any atom is 0.237 e. The van der Waals surface area contributed by atoms with Crippen LogP contribution in [0.1, 0.15) is 37.1 Å². The molecule has 0 radical (unpaired) electrons. The Labute approximate surface area is 130 Å². The fourth-order valence-corrected chi connectivity index (χ4v) is 4.59. The monoisotopic (exact) mass is 307 g/mol. The second-order valence-electron chi connectivity index (χ2n) is 6.38. The highest BCUT2D eigenvalue weighted by Crippen LogP contribution is 2.34. The quantitative estimate of drug-likeness (QED) is 0.926. The smallest absolute Gasteiger partial charge is 0.237 e. The number of nitrogens with zero attached hydrogens (tertiary/aromatic N) is 2. The van der Waals surface area contributed by atoms with Gasteiger partial charge in [-0.3, -0.25) is 9.69 Å². The molecule has 0 aromatic carbocycles. The molecule has 2 aliphatic rings. The molecule has 1 aromatic heterocycles. The van der Waals surface area contributed by atoms with Crippen LogP contribution in [0.3, 0.4) is 0 Å². The minimum atomic E-state index is 0.287. The van der Waals surface area contributed by atoms with Gasteiger partial charge in [-0.15, -0.1) is 11.3 Å². The van der Waals surface area contributed by atoms with Crippen LogP contribution in [-0.4, -0.2) is 47.9 Å². The Balaban J connectivity index is 1.62. The van der Waals surface area contributed by atoms with Crippen molar-refractivity contribution in [3.8, 4) is 0 Å². The number of likely N-dealkylation sites (tertiary alicyclic amines) is 2. The summed E-state index contributed by atoms with van der Waals surface area (Å²) in [6, 6.07) is 5.02. The van der Waals surface area contributed by atoms with Crippen molar-refractivity contribution in [2.75, 3.05) is 26.2 Å². The van der Waals surface area contributed by atoms with Crippen LogP contribution in [0.4, 0.5) is 0 Å². The molecule has 0 spiro atoms. The molecule has 1 aromatic rings. The Morgan fingerprint density at radius 1 is 1.52 bits per heavy atom. The molecule has 5 heteroatoms. The highest BCUT2D eigenvalue weighted by atomic mass is 32.1. The molecule has 2 aliphatic heterocycles. The van der Waals surface area contributed by atoms with Crippen LogP contribution in [0.15, 0.2) is 17.5 Å². The number of nitrogens with two attached hydrogens (primary N) is 1. The molecule has 0 saturated carbocycles. The van der Waals surface area contributed by atoms with E-state index in [0.29, 0.717) is 24.5 Å². The molecule has 3 atom stereocenters. The van der Waals surface area contributed by atoms with E-state index in [1.165, 1.54) is 4.88 Å². The molecule has 2 fully saturated rings. The molecular formula is C16H25N3OS. The average Bonchev–Trinajstić information content (AvgIpc) is 3.18. The summed E-state index contributed by atoms with van der Waals surface area (Å²) in [5.74, 6) is 0.842. The van der Waals surface area contributed by atoms with E-state index in [1.807, 2.05) is 0 Å². The highest BCUT2D eigenvalue weighted by Gasteiger charge is 2.34. The van der Waals surface area contributed by atoms with Gasteiger partial charge in [0.05, 0.1) is 12.6 Å². The number of amides is 1. The molecule has 2 N–H and O–H groups in total. The summed E-state index contributed by atoms with van der Waals surface area (Å²) in [5, 5.41) is 2.10. The summed E-state index contributed by atoms with van der Waals surface area (Å²) >= 11 is 1.76. The zero-order chi connectivity index (χ0) is 14.8. The minimum Gasteiger partial charge on any atom is -0.334 e. The third kappa shape index (κ3) is 3.15. The van der Waals surface area contributed by atoms with Gasteiger partial charge < -0.3 is 10.6 Å². The van der Waals surface area contributed by atoms with Gasteiger partial charge in [0.15, 0.2) is 0 Å². The Bertz CT molecular complexity index is 476. The van der Waals surface area contributed by atoms with Gasteiger partial charge in [-0.1, -0.05) is 6.07 Å². The van der Waals surface area contributed by atoms with E-state index in [2.05, 4.69) is 34.2 Å². The standard InChI is InChI=1S/C16H25N3OS/c1-12-8-13(9-17)10-18(12)11-16(20)19-6-2-4-14(19)15-5-3-7-21-15/h3,5,7,12-14H,2,4,6,8-11,17H2,1H3. The lowest BCUT2D eigenvalue weighted by Gasteiger charge is -2.28. The van der Waals surface area contributed by atoms with Gasteiger partial charge in [0.25, 0.3) is 0 Å². The van der Waals surface area contributed by atoms with Gasteiger partial charge in [0, 0.05) is 24.0 Å². The minimum absolute atomic E-state index is 0.287. The van der Waals surface area contributed by atoms with Crippen molar-refractivity contribution in [3.05, 3.63) is 22.4 Å². The lowest BCUT2D eigenvalue weighted by atomic mass is 10.1. The zero-order valence-corrected chi connectivity index (χ0v) is 13.5. The number of hydrogen-bond acceptors (Lipinski definition) is 4. The van der Waals surface area contributed by atoms with Gasteiger partial charge in [0.1, 0.15) is 0 Å². The van der Waals surface area contributed by atoms with Gasteiger partial charge in [-0.2, -0.15) is 0 Å². The largest absolute Gasteiger partial charge is 0.334 e. The molecule has 21 heavy (non-hydrogen) atoms. The molecule has 4 nitrogen and oxygen atoms in total. The molecule has 3 unspecified atom stereocenters. The second kappa shape index (κ2) is 6.46. The Hall–Kier alpha value is -0.910. The molecular weight excluding hydrogens is 282 g/mol. The predicted molar refractivity (Wildman–Crippen MR) is 86.2 cm³/mol. The first kappa shape index (κ1) is 15.0. The van der Waals surface area contributed by atoms with Crippen LogP contribution >= 0.6 is 11.3 Å². The zero-order valence-electron chi connectivity index (χ0n) is 12.7. The summed E-state index contributed by atoms with van der Waals surface area (Å²) in [6.07, 6.45) is 3.35. The van der Waals surface area contributed by atoms with Crippen molar-refractivity contribution in [2.24, 2.45) is 11.7 Å². The number of rotatable bonds is 4. The molecule has 0 aliphatic carbocycles. The van der Waals surface area contributed by atoms with Crippen LogP contribution in [0.25, 0.3) is 0 Å². The van der Waals surface area contributed by atoms with Gasteiger partial charge >= 0.3 is 0 Å². The van der Waals surface area contributed by atoms with E-state index in [9.17, 15) is 4.79 Å². The molecule has 3 rings (SSSR count). The first-order valence-corrected chi connectivity index (χ1v) is 8.84. The predicted octanol–water partition coefficient (Wildman–Crippen LogP) is 2.08. The Kier molecular flexibility index (Phi) is 4.62. The fraction of sp³-hybridized carbons (Fsp3) is 0.688. The number of hydrogen-bond donors (Lipinski definition) is 1. The lowest BCUT2D eigenvalue weighted by molar-refractivity contribution is -0.133. The van der Waals surface area contributed by atoms with Crippen molar-refractivity contribution < 1.29 is 4.79 Å². The summed E-state index contributed by atoms with van der Waals surface area (Å²) < 4.78 is 0. The molecule has 3 heterocycles. The SMILES string of the molecule is CC1CC(CN)CN1CC(=O)N1CCCC1c1cccs1. The van der Waals surface area contributed by atoms with Crippen molar-refractivity contribution in [1.29, 1.82) is 0 Å². The number of thiophene rings is 1.